The Bertz CT molecular complexity index is 61.0. The van der Waals surface area contributed by atoms with Gasteiger partial charge in [-0.05, 0) is 0 Å². The van der Waals surface area contributed by atoms with Crippen molar-refractivity contribution in [2.75, 3.05) is 26.2 Å². The zero-order chi connectivity index (χ0) is 5.98. The number of halogens is 1. The summed E-state index contributed by atoms with van der Waals surface area (Å²) in [5.74, 6) is 10.9. The molecule has 0 aromatic heterocycles. The average Bonchev–Trinajstić information content (AvgIpc) is 1.77. The van der Waals surface area contributed by atoms with E-state index in [-0.39, 0.29) is 12.4 Å². The third kappa shape index (κ3) is 2.98. The molecule has 4 nitrogen and oxygen atoms in total. The van der Waals surface area contributed by atoms with Crippen LogP contribution in [0.3, 0.4) is 0 Å². The highest BCUT2D eigenvalue weighted by Gasteiger charge is 2.08. The first-order valence-electron chi connectivity index (χ1n) is 2.78. The van der Waals surface area contributed by atoms with Crippen LogP contribution in [0.5, 0.6) is 0 Å². The second-order valence-corrected chi connectivity index (χ2v) is 2.07. The van der Waals surface area contributed by atoms with Crippen LogP contribution in [-0.4, -0.2) is 36.2 Å². The Balaban J connectivity index is 0.000000640. The van der Waals surface area contributed by atoms with Crippen molar-refractivity contribution in [3.8, 4) is 0 Å². The van der Waals surface area contributed by atoms with E-state index in [0.29, 0.717) is 0 Å². The molecule has 0 aromatic rings. The Labute approximate surface area is 61.1 Å². The lowest BCUT2D eigenvalue weighted by molar-refractivity contribution is 0.135. The fraction of sp³-hybridized carbons (Fsp3) is 1.00. The summed E-state index contributed by atoms with van der Waals surface area (Å²) in [5, 5.41) is 3.56. The molecule has 0 amide bonds. The van der Waals surface area contributed by atoms with E-state index in [9.17, 15) is 0 Å². The SMILES string of the molecule is Cl.NN1CCN(N)CC1. The molecule has 4 N–H and O–H groups in total. The largest absolute Gasteiger partial charge is 0.269 e. The van der Waals surface area contributed by atoms with Crippen molar-refractivity contribution in [2.24, 2.45) is 11.7 Å². The van der Waals surface area contributed by atoms with Gasteiger partial charge in [0.15, 0.2) is 0 Å². The van der Waals surface area contributed by atoms with Crippen molar-refractivity contribution in [1.82, 2.24) is 10.0 Å². The molecule has 1 fully saturated rings. The van der Waals surface area contributed by atoms with Crippen molar-refractivity contribution >= 4 is 12.4 Å². The summed E-state index contributed by atoms with van der Waals surface area (Å²) in [5.41, 5.74) is 0. The Morgan fingerprint density at radius 1 is 0.778 bits per heavy atom. The maximum absolute atomic E-state index is 5.45. The van der Waals surface area contributed by atoms with Crippen LogP contribution in [-0.2, 0) is 0 Å². The Kier molecular flexibility index (Phi) is 4.09. The van der Waals surface area contributed by atoms with Crippen LogP contribution in [0.25, 0.3) is 0 Å². The molecule has 0 spiro atoms. The maximum atomic E-state index is 5.45. The van der Waals surface area contributed by atoms with Gasteiger partial charge in [0.1, 0.15) is 0 Å². The molecule has 5 heteroatoms. The van der Waals surface area contributed by atoms with Crippen molar-refractivity contribution in [3.63, 3.8) is 0 Å². The van der Waals surface area contributed by atoms with Gasteiger partial charge < -0.3 is 0 Å². The molecular weight excluding hydrogens is 140 g/mol. The Morgan fingerprint density at radius 2 is 1.00 bits per heavy atom. The second kappa shape index (κ2) is 4.03. The fourth-order valence-electron chi connectivity index (χ4n) is 0.737. The van der Waals surface area contributed by atoms with Gasteiger partial charge in [-0.25, -0.2) is 10.0 Å². The summed E-state index contributed by atoms with van der Waals surface area (Å²) in [6, 6.07) is 0. The monoisotopic (exact) mass is 152 g/mol. The lowest BCUT2D eigenvalue weighted by Gasteiger charge is -2.28. The van der Waals surface area contributed by atoms with Crippen molar-refractivity contribution in [1.29, 1.82) is 0 Å². The molecule has 0 bridgehead atoms. The van der Waals surface area contributed by atoms with Crippen LogP contribution in [0.1, 0.15) is 0 Å². The molecule has 1 aliphatic rings. The standard InChI is InChI=1S/C4H12N4.ClH/c5-7-1-2-8(6)4-3-7;/h1-6H2;1H. The second-order valence-electron chi connectivity index (χ2n) is 2.07. The van der Waals surface area contributed by atoms with E-state index in [1.54, 1.807) is 10.0 Å². The first-order valence-corrected chi connectivity index (χ1v) is 2.78. The van der Waals surface area contributed by atoms with Gasteiger partial charge in [-0.3, -0.25) is 11.7 Å². The summed E-state index contributed by atoms with van der Waals surface area (Å²) >= 11 is 0. The fourth-order valence-corrected chi connectivity index (χ4v) is 0.737. The molecule has 0 unspecified atom stereocenters. The van der Waals surface area contributed by atoms with Crippen molar-refractivity contribution in [2.45, 2.75) is 0 Å². The number of hydrazine groups is 2. The third-order valence-electron chi connectivity index (χ3n) is 1.35. The van der Waals surface area contributed by atoms with Crippen LogP contribution in [0.4, 0.5) is 0 Å². The van der Waals surface area contributed by atoms with E-state index in [2.05, 4.69) is 0 Å². The number of hydrogen-bond donors (Lipinski definition) is 2. The predicted octanol–water partition coefficient (Wildman–Crippen LogP) is -1.23. The molecule has 1 heterocycles. The molecule has 0 aliphatic carbocycles. The minimum atomic E-state index is 0. The van der Waals surface area contributed by atoms with E-state index in [1.807, 2.05) is 0 Å². The number of hydrogen-bond acceptors (Lipinski definition) is 4. The molecule has 1 rings (SSSR count). The van der Waals surface area contributed by atoms with Gasteiger partial charge in [0.25, 0.3) is 0 Å². The molecule has 0 radical (unpaired) electrons. The summed E-state index contributed by atoms with van der Waals surface area (Å²) in [6.07, 6.45) is 0. The average molecular weight is 153 g/mol. The number of nitrogens with zero attached hydrogens (tertiary/aromatic N) is 2. The quantitative estimate of drug-likeness (QED) is 0.427. The van der Waals surface area contributed by atoms with Crippen molar-refractivity contribution < 1.29 is 0 Å². The van der Waals surface area contributed by atoms with Crippen LogP contribution < -0.4 is 11.7 Å². The van der Waals surface area contributed by atoms with Crippen molar-refractivity contribution in [3.05, 3.63) is 0 Å². The summed E-state index contributed by atoms with van der Waals surface area (Å²) < 4.78 is 0. The van der Waals surface area contributed by atoms with Gasteiger partial charge in [-0.1, -0.05) is 0 Å². The van der Waals surface area contributed by atoms with Gasteiger partial charge in [0.05, 0.1) is 0 Å². The molecule has 0 atom stereocenters. The smallest absolute Gasteiger partial charge is 0.0271 e. The van der Waals surface area contributed by atoms with E-state index >= 15 is 0 Å². The van der Waals surface area contributed by atoms with Gasteiger partial charge >= 0.3 is 0 Å². The first-order chi connectivity index (χ1) is 3.79. The number of nitrogens with two attached hydrogens (primary N) is 2. The molecule has 0 aromatic carbocycles. The minimum absolute atomic E-state index is 0. The van der Waals surface area contributed by atoms with E-state index in [1.165, 1.54) is 0 Å². The highest BCUT2D eigenvalue weighted by atomic mass is 35.5. The normalized spacial score (nSPS) is 23.3. The summed E-state index contributed by atoms with van der Waals surface area (Å²) in [6.45, 7) is 3.54. The highest BCUT2D eigenvalue weighted by Crippen LogP contribution is 1.88. The summed E-state index contributed by atoms with van der Waals surface area (Å²) in [7, 11) is 0. The van der Waals surface area contributed by atoms with Crippen LogP contribution in [0.15, 0.2) is 0 Å². The number of rotatable bonds is 0. The Morgan fingerprint density at radius 3 is 1.22 bits per heavy atom. The van der Waals surface area contributed by atoms with Crippen LogP contribution in [0.2, 0.25) is 0 Å². The Hall–Kier alpha value is 0.130. The van der Waals surface area contributed by atoms with Gasteiger partial charge in [-0.2, -0.15) is 0 Å². The lowest BCUT2D eigenvalue weighted by atomic mass is 10.4. The van der Waals surface area contributed by atoms with Gasteiger partial charge in [-0.15, -0.1) is 12.4 Å². The topological polar surface area (TPSA) is 58.5 Å². The van der Waals surface area contributed by atoms with E-state index in [4.69, 9.17) is 11.7 Å². The zero-order valence-corrected chi connectivity index (χ0v) is 6.10. The molecule has 9 heavy (non-hydrogen) atoms. The third-order valence-corrected chi connectivity index (χ3v) is 1.35. The molecule has 1 aliphatic heterocycles. The van der Waals surface area contributed by atoms with E-state index < -0.39 is 0 Å². The number of piperazine rings is 1. The maximum Gasteiger partial charge on any atom is 0.0271 e. The van der Waals surface area contributed by atoms with Gasteiger partial charge in [0, 0.05) is 26.2 Å². The molecule has 0 saturated carbocycles. The predicted molar refractivity (Wildman–Crippen MR) is 38.8 cm³/mol. The lowest BCUT2D eigenvalue weighted by Crippen LogP contribution is -2.51. The summed E-state index contributed by atoms with van der Waals surface area (Å²) in [4.78, 5) is 0. The molecule has 56 valence electrons. The van der Waals surface area contributed by atoms with Gasteiger partial charge in [0.2, 0.25) is 0 Å². The molecule has 1 saturated heterocycles. The minimum Gasteiger partial charge on any atom is -0.269 e. The zero-order valence-electron chi connectivity index (χ0n) is 5.29. The highest BCUT2D eigenvalue weighted by molar-refractivity contribution is 5.85. The molecular formula is C4H13ClN4. The first kappa shape index (κ1) is 9.13. The van der Waals surface area contributed by atoms with Crippen LogP contribution in [0, 0.1) is 0 Å². The van der Waals surface area contributed by atoms with Crippen LogP contribution >= 0.6 is 12.4 Å². The van der Waals surface area contributed by atoms with E-state index in [0.717, 1.165) is 26.2 Å².